The fraction of sp³-hybridized carbons (Fsp3) is 0.724. The number of carbonyl (C=O) groups excluding carboxylic acids is 1. The molecule has 6 aliphatic rings. The second kappa shape index (κ2) is 8.70. The molecule has 1 aromatic carbocycles. The zero-order chi connectivity index (χ0) is 24.2. The molecule has 2 aliphatic heterocycles. The number of rotatable bonds is 9. The van der Waals surface area contributed by atoms with Gasteiger partial charge in [0.25, 0.3) is 0 Å². The van der Waals surface area contributed by atoms with Crippen LogP contribution in [0.4, 0.5) is 0 Å². The van der Waals surface area contributed by atoms with Gasteiger partial charge in [-0.05, 0) is 76.2 Å². The van der Waals surface area contributed by atoms with Crippen LogP contribution in [0.2, 0.25) is 0 Å². The molecule has 0 spiro atoms. The number of benzene rings is 1. The summed E-state index contributed by atoms with van der Waals surface area (Å²) in [6.07, 6.45) is 12.3. The quantitative estimate of drug-likeness (QED) is 0.191. The average Bonchev–Trinajstić information content (AvgIpc) is 3.31. The molecule has 35 heavy (non-hydrogen) atoms. The van der Waals surface area contributed by atoms with E-state index in [4.69, 9.17) is 14.2 Å². The number of nitrogens with zero attached hydrogens (tertiary/aromatic N) is 2. The lowest BCUT2D eigenvalue weighted by Gasteiger charge is -2.66. The fourth-order valence-electron chi connectivity index (χ4n) is 8.22. The number of amides is 1. The van der Waals surface area contributed by atoms with E-state index in [0.717, 1.165) is 49.3 Å². The first kappa shape index (κ1) is 23.2. The van der Waals surface area contributed by atoms with Gasteiger partial charge in [0.1, 0.15) is 5.60 Å². The van der Waals surface area contributed by atoms with Crippen LogP contribution in [0.25, 0.3) is 0 Å². The lowest BCUT2D eigenvalue weighted by atomic mass is 9.50. The molecule has 4 bridgehead atoms. The molecule has 5 fully saturated rings. The van der Waals surface area contributed by atoms with Crippen molar-refractivity contribution in [2.24, 2.45) is 28.2 Å². The van der Waals surface area contributed by atoms with Gasteiger partial charge in [0.05, 0.1) is 11.5 Å². The maximum atomic E-state index is 13.6. The smallest absolute Gasteiger partial charge is 0.231 e. The van der Waals surface area contributed by atoms with Crippen LogP contribution < -0.4 is 9.47 Å². The number of aliphatic imine (C=N–C) groups is 1. The maximum absolute atomic E-state index is 13.6. The first-order chi connectivity index (χ1) is 16.9. The molecule has 1 saturated heterocycles. The average molecular weight is 481 g/mol. The third-order valence-electron chi connectivity index (χ3n) is 9.48. The number of β-lactam (4-membered cyclic amide) rings is 1. The molecule has 0 radical (unpaired) electrons. The molecule has 1 aromatic rings. The van der Waals surface area contributed by atoms with Crippen LogP contribution in [0, 0.1) is 23.2 Å². The van der Waals surface area contributed by atoms with Crippen LogP contribution in [-0.2, 0) is 9.53 Å². The van der Waals surface area contributed by atoms with Crippen molar-refractivity contribution in [2.75, 3.05) is 13.3 Å². The second-order valence-electron chi connectivity index (χ2n) is 12.3. The molecule has 7 rings (SSSR count). The predicted molar refractivity (Wildman–Crippen MR) is 135 cm³/mol. The second-order valence-corrected chi connectivity index (χ2v) is 12.3. The SMILES string of the molecule is CCCCCC/N=C/O[C@]12CC3CC(C1)[C@@H](N1C(=O)C(C)(C)C1c1cccc4c1OCO4)C(C3)C2. The summed E-state index contributed by atoms with van der Waals surface area (Å²) in [6, 6.07) is 6.42. The molecular formula is C29H40N2O4. The Morgan fingerprint density at radius 2 is 1.91 bits per heavy atom. The number of para-hydroxylation sites is 1. The van der Waals surface area contributed by atoms with E-state index in [1.54, 1.807) is 6.40 Å². The number of hydrogen-bond acceptors (Lipinski definition) is 5. The number of hydrogen-bond donors (Lipinski definition) is 0. The highest BCUT2D eigenvalue weighted by Crippen LogP contribution is 2.63. The van der Waals surface area contributed by atoms with Crippen molar-refractivity contribution in [1.82, 2.24) is 4.90 Å². The highest BCUT2D eigenvalue weighted by molar-refractivity contribution is 5.91. The van der Waals surface area contributed by atoms with Crippen molar-refractivity contribution in [1.29, 1.82) is 0 Å². The number of ether oxygens (including phenoxy) is 3. The molecule has 190 valence electrons. The first-order valence-corrected chi connectivity index (χ1v) is 13.8. The van der Waals surface area contributed by atoms with Crippen molar-refractivity contribution < 1.29 is 19.0 Å². The molecule has 1 amide bonds. The Kier molecular flexibility index (Phi) is 5.76. The van der Waals surface area contributed by atoms with Crippen LogP contribution in [-0.4, -0.2) is 42.2 Å². The largest absolute Gasteiger partial charge is 0.477 e. The summed E-state index contributed by atoms with van der Waals surface area (Å²) in [7, 11) is 0. The van der Waals surface area contributed by atoms with Crippen molar-refractivity contribution >= 4 is 12.3 Å². The van der Waals surface area contributed by atoms with Crippen LogP contribution in [0.3, 0.4) is 0 Å². The topological polar surface area (TPSA) is 60.4 Å². The molecule has 4 saturated carbocycles. The summed E-state index contributed by atoms with van der Waals surface area (Å²) < 4.78 is 18.0. The molecule has 4 aliphatic carbocycles. The molecule has 2 heterocycles. The lowest BCUT2D eigenvalue weighted by molar-refractivity contribution is -0.205. The maximum Gasteiger partial charge on any atom is 0.231 e. The minimum absolute atomic E-state index is 0.0238. The summed E-state index contributed by atoms with van der Waals surface area (Å²) in [4.78, 5) is 20.4. The van der Waals surface area contributed by atoms with E-state index in [1.807, 2.05) is 12.1 Å². The fourth-order valence-corrected chi connectivity index (χ4v) is 8.22. The van der Waals surface area contributed by atoms with E-state index in [-0.39, 0.29) is 30.4 Å². The van der Waals surface area contributed by atoms with Crippen LogP contribution in [0.15, 0.2) is 23.2 Å². The standard InChI is InChI=1S/C29H40N2O4/c1-4-5-6-7-11-30-17-35-29-14-19-12-20(15-29)24(21(13-19)16-29)31-26(28(2,3)27(31)32)22-9-8-10-23-25(22)34-18-33-23/h8-10,17,19-21,24,26H,4-7,11-16,18H2,1-3H3/b30-17+/t19?,20?,21?,24-,26?,29-. The summed E-state index contributed by atoms with van der Waals surface area (Å²) in [5.41, 5.74) is 0.581. The van der Waals surface area contributed by atoms with Gasteiger partial charge in [0.2, 0.25) is 12.7 Å². The highest BCUT2D eigenvalue weighted by Gasteiger charge is 2.65. The Balaban J connectivity index is 1.20. The van der Waals surface area contributed by atoms with E-state index >= 15 is 0 Å². The summed E-state index contributed by atoms with van der Waals surface area (Å²) in [5, 5.41) is 0. The van der Waals surface area contributed by atoms with Crippen LogP contribution in [0.5, 0.6) is 11.5 Å². The minimum atomic E-state index is -0.436. The van der Waals surface area contributed by atoms with Gasteiger partial charge in [-0.2, -0.15) is 0 Å². The molecule has 6 heteroatoms. The van der Waals surface area contributed by atoms with Gasteiger partial charge >= 0.3 is 0 Å². The van der Waals surface area contributed by atoms with Crippen LogP contribution in [0.1, 0.15) is 90.2 Å². The summed E-state index contributed by atoms with van der Waals surface area (Å²) in [6.45, 7) is 7.52. The predicted octanol–water partition coefficient (Wildman–Crippen LogP) is 5.90. The molecule has 0 N–H and O–H groups in total. The third kappa shape index (κ3) is 3.74. The normalized spacial score (nSPS) is 36.1. The summed E-state index contributed by atoms with van der Waals surface area (Å²) >= 11 is 0. The van der Waals surface area contributed by atoms with Gasteiger partial charge in [0.15, 0.2) is 17.9 Å². The zero-order valence-electron chi connectivity index (χ0n) is 21.5. The van der Waals surface area contributed by atoms with E-state index in [9.17, 15) is 4.79 Å². The Labute approximate surface area is 209 Å². The van der Waals surface area contributed by atoms with Crippen molar-refractivity contribution in [3.63, 3.8) is 0 Å². The van der Waals surface area contributed by atoms with Crippen molar-refractivity contribution in [3.05, 3.63) is 23.8 Å². The van der Waals surface area contributed by atoms with E-state index < -0.39 is 5.41 Å². The highest BCUT2D eigenvalue weighted by atomic mass is 16.7. The number of unbranched alkanes of at least 4 members (excludes halogenated alkanes) is 3. The Morgan fingerprint density at radius 1 is 1.11 bits per heavy atom. The number of likely N-dealkylation sites (tertiary alicyclic amines) is 1. The molecule has 6 nitrogen and oxygen atoms in total. The van der Waals surface area contributed by atoms with Crippen molar-refractivity contribution in [3.8, 4) is 11.5 Å². The van der Waals surface area contributed by atoms with Gasteiger partial charge < -0.3 is 19.1 Å². The van der Waals surface area contributed by atoms with Gasteiger partial charge in [-0.15, -0.1) is 0 Å². The van der Waals surface area contributed by atoms with Crippen LogP contribution >= 0.6 is 0 Å². The van der Waals surface area contributed by atoms with Gasteiger partial charge in [-0.1, -0.05) is 38.3 Å². The van der Waals surface area contributed by atoms with E-state index in [0.29, 0.717) is 17.8 Å². The monoisotopic (exact) mass is 480 g/mol. The number of carbonyl (C=O) groups is 1. The third-order valence-corrected chi connectivity index (χ3v) is 9.48. The zero-order valence-corrected chi connectivity index (χ0v) is 21.5. The molecule has 0 aromatic heterocycles. The lowest BCUT2D eigenvalue weighted by Crippen LogP contribution is -2.71. The van der Waals surface area contributed by atoms with Gasteiger partial charge in [-0.25, -0.2) is 0 Å². The van der Waals surface area contributed by atoms with Gasteiger partial charge in [0, 0.05) is 18.2 Å². The summed E-state index contributed by atoms with van der Waals surface area (Å²) in [5.74, 6) is 3.60. The first-order valence-electron chi connectivity index (χ1n) is 13.8. The molecule has 3 unspecified atom stereocenters. The van der Waals surface area contributed by atoms with Crippen molar-refractivity contribution in [2.45, 2.75) is 96.2 Å². The van der Waals surface area contributed by atoms with E-state index in [2.05, 4.69) is 36.7 Å². The Hall–Kier alpha value is -2.24. The Bertz CT molecular complexity index is 988. The molecular weight excluding hydrogens is 440 g/mol. The minimum Gasteiger partial charge on any atom is -0.477 e. The number of fused-ring (bicyclic) bond motifs is 1. The molecule has 3 atom stereocenters. The van der Waals surface area contributed by atoms with E-state index in [1.165, 1.54) is 32.1 Å². The van der Waals surface area contributed by atoms with Gasteiger partial charge in [-0.3, -0.25) is 9.79 Å². The Morgan fingerprint density at radius 3 is 2.69 bits per heavy atom.